The average Bonchev–Trinajstić information content (AvgIpc) is 3.65. The van der Waals surface area contributed by atoms with E-state index < -0.39 is 8.07 Å². The topological polar surface area (TPSA) is 33.5 Å². The van der Waals surface area contributed by atoms with E-state index >= 15 is 0 Å². The van der Waals surface area contributed by atoms with Crippen LogP contribution in [-0.4, -0.2) is 24.3 Å². The monoisotopic (exact) mass is 634 g/mol. The zero-order valence-corrected chi connectivity index (χ0v) is 29.4. The lowest BCUT2D eigenvalue weighted by Gasteiger charge is -2.50. The Balaban J connectivity index is 1.21. The molecule has 4 heterocycles. The third-order valence-corrected chi connectivity index (χ3v) is 15.9. The van der Waals surface area contributed by atoms with Gasteiger partial charge in [0.25, 0.3) is 0 Å². The summed E-state index contributed by atoms with van der Waals surface area (Å²) in [6, 6.07) is 36.8. The number of benzene rings is 4. The van der Waals surface area contributed by atoms with Crippen LogP contribution in [0.3, 0.4) is 0 Å². The maximum atomic E-state index is 6.72. The van der Waals surface area contributed by atoms with Crippen LogP contribution in [0.1, 0.15) is 45.7 Å². The van der Waals surface area contributed by atoms with E-state index in [9.17, 15) is 0 Å². The molecule has 0 N–H and O–H groups in total. The fourth-order valence-electron chi connectivity index (χ4n) is 7.35. The first kappa shape index (κ1) is 29.6. The van der Waals surface area contributed by atoms with E-state index in [2.05, 4.69) is 171 Å². The maximum Gasteiger partial charge on any atom is 0.137 e. The van der Waals surface area contributed by atoms with Gasteiger partial charge in [0.05, 0.1) is 17.7 Å². The molecule has 0 atom stereocenters. The number of nitrogens with zero attached hydrogens (tertiary/aromatic N) is 4. The van der Waals surface area contributed by atoms with Crippen LogP contribution >= 0.6 is 0 Å². The third kappa shape index (κ3) is 4.61. The summed E-state index contributed by atoms with van der Waals surface area (Å²) in [6.45, 7) is 17.4. The Kier molecular flexibility index (Phi) is 6.51. The van der Waals surface area contributed by atoms with Crippen LogP contribution in [0.5, 0.6) is 11.5 Å². The minimum Gasteiger partial charge on any atom is -0.457 e. The number of ether oxygens (including phenoxy) is 1. The molecule has 5 nitrogen and oxygen atoms in total. The van der Waals surface area contributed by atoms with Crippen molar-refractivity contribution in [1.29, 1.82) is 0 Å². The molecular weight excluding hydrogens is 593 g/mol. The Morgan fingerprint density at radius 1 is 0.766 bits per heavy atom. The lowest BCUT2D eigenvalue weighted by molar-refractivity contribution is 0.482. The summed E-state index contributed by atoms with van der Waals surface area (Å²) in [5, 5.41) is 3.91. The van der Waals surface area contributed by atoms with Gasteiger partial charge in [-0.1, -0.05) is 90.2 Å². The summed E-state index contributed by atoms with van der Waals surface area (Å²) < 4.78 is 8.99. The van der Waals surface area contributed by atoms with Crippen LogP contribution in [0.25, 0.3) is 27.6 Å². The van der Waals surface area contributed by atoms with Crippen molar-refractivity contribution in [2.45, 2.75) is 58.2 Å². The molecule has 2 aromatic heterocycles. The van der Waals surface area contributed by atoms with E-state index in [-0.39, 0.29) is 10.5 Å². The van der Waals surface area contributed by atoms with E-state index in [4.69, 9.17) is 9.72 Å². The smallest absolute Gasteiger partial charge is 0.137 e. The standard InChI is InChI=1S/C41H42N4OSi/c1-40(2,3)28-21-22-42-38(23-28)45-35-16-12-11-15-32(35)33-19-17-30(24-36(33)45)46-31-18-20-34-37(25-31)44-27-43(29-13-9-8-10-14-29)26-39(44)47(6,7)41(34,4)5/h8-26H,27H2,1-7H3. The molecule has 4 aromatic carbocycles. The first-order valence-corrected chi connectivity index (χ1v) is 19.6. The molecule has 0 aliphatic carbocycles. The SMILES string of the molecule is CC(C)(C)c1ccnc(-n2c3ccccc3c3ccc(Oc4ccc5c(c4)N4CN(c6ccccc6)C=C4[Si](C)(C)C5(C)C)cc32)c1. The summed E-state index contributed by atoms with van der Waals surface area (Å²) in [7, 11) is -1.87. The molecule has 0 saturated carbocycles. The molecule has 0 radical (unpaired) electrons. The summed E-state index contributed by atoms with van der Waals surface area (Å²) >= 11 is 0. The molecule has 236 valence electrons. The maximum absolute atomic E-state index is 6.72. The summed E-state index contributed by atoms with van der Waals surface area (Å²) in [6.07, 6.45) is 4.32. The molecule has 0 saturated heterocycles. The number of para-hydroxylation sites is 2. The predicted molar refractivity (Wildman–Crippen MR) is 199 cm³/mol. The number of fused-ring (bicyclic) bond motifs is 6. The van der Waals surface area contributed by atoms with Gasteiger partial charge in [0, 0.05) is 52.0 Å². The van der Waals surface area contributed by atoms with Gasteiger partial charge in [-0.15, -0.1) is 0 Å². The normalized spacial score (nSPS) is 16.7. The number of anilines is 2. The van der Waals surface area contributed by atoms with E-state index in [1.54, 1.807) is 0 Å². The van der Waals surface area contributed by atoms with Crippen molar-refractivity contribution < 1.29 is 4.74 Å². The first-order valence-electron chi connectivity index (χ1n) is 16.6. The quantitative estimate of drug-likeness (QED) is 0.181. The molecule has 6 heteroatoms. The second-order valence-electron chi connectivity index (χ2n) is 15.1. The van der Waals surface area contributed by atoms with E-state index in [1.807, 2.05) is 6.20 Å². The van der Waals surface area contributed by atoms with Gasteiger partial charge in [0.1, 0.15) is 25.4 Å². The highest BCUT2D eigenvalue weighted by Crippen LogP contribution is 2.52. The van der Waals surface area contributed by atoms with Gasteiger partial charge in [-0.25, -0.2) is 4.98 Å². The first-order chi connectivity index (χ1) is 22.4. The predicted octanol–water partition coefficient (Wildman–Crippen LogP) is 10.5. The minimum atomic E-state index is -1.87. The highest BCUT2D eigenvalue weighted by atomic mass is 28.3. The Bertz CT molecular complexity index is 2210. The van der Waals surface area contributed by atoms with Crippen LogP contribution < -0.4 is 14.5 Å². The van der Waals surface area contributed by atoms with Crippen molar-refractivity contribution in [3.63, 3.8) is 0 Å². The number of hydrogen-bond acceptors (Lipinski definition) is 4. The largest absolute Gasteiger partial charge is 0.457 e. The van der Waals surface area contributed by atoms with Crippen molar-refractivity contribution in [3.8, 4) is 17.3 Å². The molecule has 0 fully saturated rings. The van der Waals surface area contributed by atoms with Gasteiger partial charge in [0.15, 0.2) is 0 Å². The average molecular weight is 635 g/mol. The van der Waals surface area contributed by atoms with Gasteiger partial charge in [0.2, 0.25) is 0 Å². The molecule has 0 spiro atoms. The fraction of sp³-hybridized carbons (Fsp3) is 0.244. The highest BCUT2D eigenvalue weighted by Gasteiger charge is 2.52. The summed E-state index contributed by atoms with van der Waals surface area (Å²) in [5.74, 6) is 2.56. The number of pyridine rings is 1. The Morgan fingerprint density at radius 3 is 2.26 bits per heavy atom. The molecule has 0 unspecified atom stereocenters. The van der Waals surface area contributed by atoms with Crippen molar-refractivity contribution >= 4 is 41.3 Å². The molecule has 2 aliphatic heterocycles. The number of rotatable bonds is 4. The van der Waals surface area contributed by atoms with Crippen molar-refractivity contribution in [2.24, 2.45) is 0 Å². The lowest BCUT2D eigenvalue weighted by Crippen LogP contribution is -2.57. The van der Waals surface area contributed by atoms with E-state index in [1.165, 1.54) is 38.6 Å². The van der Waals surface area contributed by atoms with Crippen LogP contribution in [0.4, 0.5) is 11.4 Å². The van der Waals surface area contributed by atoms with Crippen molar-refractivity contribution in [1.82, 2.24) is 9.55 Å². The molecule has 6 aromatic rings. The molecule has 0 bridgehead atoms. The summed E-state index contributed by atoms with van der Waals surface area (Å²) in [4.78, 5) is 9.77. The van der Waals surface area contributed by atoms with Crippen molar-refractivity contribution in [2.75, 3.05) is 16.5 Å². The van der Waals surface area contributed by atoms with Crippen LogP contribution in [0, 0.1) is 0 Å². The van der Waals surface area contributed by atoms with Gasteiger partial charge in [-0.3, -0.25) is 4.57 Å². The lowest BCUT2D eigenvalue weighted by atomic mass is 9.88. The Morgan fingerprint density at radius 2 is 1.47 bits per heavy atom. The Hall–Kier alpha value is -4.81. The molecule has 0 amide bonds. The van der Waals surface area contributed by atoms with Gasteiger partial charge in [-0.05, 0) is 70.1 Å². The number of aromatic nitrogens is 2. The molecule has 47 heavy (non-hydrogen) atoms. The number of hydrogen-bond donors (Lipinski definition) is 0. The Labute approximate surface area is 278 Å². The third-order valence-electron chi connectivity index (χ3n) is 10.8. The highest BCUT2D eigenvalue weighted by molar-refractivity contribution is 6.87. The second kappa shape index (κ2) is 10.3. The van der Waals surface area contributed by atoms with Gasteiger partial charge < -0.3 is 14.5 Å². The zero-order valence-electron chi connectivity index (χ0n) is 28.4. The van der Waals surface area contributed by atoms with E-state index in [0.29, 0.717) is 0 Å². The van der Waals surface area contributed by atoms with Crippen LogP contribution in [-0.2, 0) is 10.5 Å². The van der Waals surface area contributed by atoms with Crippen LogP contribution in [0.15, 0.2) is 121 Å². The minimum absolute atomic E-state index is 0.0198. The van der Waals surface area contributed by atoms with Gasteiger partial charge >= 0.3 is 0 Å². The van der Waals surface area contributed by atoms with Crippen LogP contribution in [0.2, 0.25) is 13.1 Å². The summed E-state index contributed by atoms with van der Waals surface area (Å²) in [5.41, 5.74) is 7.35. The fourth-order valence-corrected chi connectivity index (χ4v) is 10.2. The van der Waals surface area contributed by atoms with E-state index in [0.717, 1.165) is 35.0 Å². The zero-order chi connectivity index (χ0) is 32.7. The van der Waals surface area contributed by atoms with Gasteiger partial charge in [-0.2, -0.15) is 0 Å². The molecule has 2 aliphatic rings. The molecular formula is C41H42N4OSi. The second-order valence-corrected chi connectivity index (χ2v) is 20.1. The van der Waals surface area contributed by atoms with Crippen molar-refractivity contribution in [3.05, 3.63) is 132 Å². The molecule has 8 rings (SSSR count).